The van der Waals surface area contributed by atoms with Crippen molar-refractivity contribution in [1.82, 2.24) is 0 Å². The van der Waals surface area contributed by atoms with E-state index in [9.17, 15) is 4.79 Å². The van der Waals surface area contributed by atoms with Crippen LogP contribution in [-0.4, -0.2) is 18.9 Å². The van der Waals surface area contributed by atoms with E-state index in [4.69, 9.17) is 5.73 Å². The van der Waals surface area contributed by atoms with Crippen LogP contribution in [0.4, 0.5) is 5.69 Å². The van der Waals surface area contributed by atoms with Crippen molar-refractivity contribution in [3.05, 3.63) is 34.6 Å². The topological polar surface area (TPSA) is 57.2 Å². The molecule has 0 unspecified atom stereocenters. The Morgan fingerprint density at radius 3 is 3.00 bits per heavy atom. The first kappa shape index (κ1) is 12.2. The van der Waals surface area contributed by atoms with Crippen LogP contribution < -0.4 is 5.73 Å². The second-order valence-corrected chi connectivity index (χ2v) is 3.10. The van der Waals surface area contributed by atoms with E-state index < -0.39 is 0 Å². The van der Waals surface area contributed by atoms with Gasteiger partial charge in [0.1, 0.15) is 0 Å². The van der Waals surface area contributed by atoms with Gasteiger partial charge in [-0.05, 0) is 12.5 Å². The summed E-state index contributed by atoms with van der Waals surface area (Å²) in [7, 11) is 0. The summed E-state index contributed by atoms with van der Waals surface area (Å²) in [4.78, 5) is 11.3. The van der Waals surface area contributed by atoms with Crippen molar-refractivity contribution in [1.29, 1.82) is 0 Å². The predicted molar refractivity (Wildman–Crippen MR) is 51.4 cm³/mol. The van der Waals surface area contributed by atoms with Crippen LogP contribution in [0, 0.1) is 44.1 Å². The van der Waals surface area contributed by atoms with Crippen LogP contribution >= 0.6 is 0 Å². The molecule has 0 saturated carbocycles. The molecule has 1 aliphatic rings. The Kier molecular flexibility index (Phi) is 4.56. The minimum atomic E-state index is -0.00491. The van der Waals surface area contributed by atoms with Crippen LogP contribution in [-0.2, 0) is 6.42 Å². The van der Waals surface area contributed by atoms with Crippen molar-refractivity contribution in [2.24, 2.45) is 5.73 Å². The Morgan fingerprint density at radius 1 is 1.50 bits per heavy atom. The third kappa shape index (κ3) is 2.36. The van der Waals surface area contributed by atoms with Crippen LogP contribution in [0.25, 0.3) is 5.32 Å². The minimum Gasteiger partial charge on any atom is -0.684 e. The summed E-state index contributed by atoms with van der Waals surface area (Å²) < 4.78 is 0. The van der Waals surface area contributed by atoms with Gasteiger partial charge in [-0.2, -0.15) is 0 Å². The molecule has 14 heavy (non-hydrogen) atoms. The number of ketones is 1. The first-order valence-corrected chi connectivity index (χ1v) is 4.35. The van der Waals surface area contributed by atoms with Crippen molar-refractivity contribution in [3.8, 4) is 0 Å². The van der Waals surface area contributed by atoms with Gasteiger partial charge in [-0.25, -0.2) is 0 Å². The SMILES string of the molecule is NCC(=O)c1ccc2c(c1)CC[N-]2.[Ac]. The number of hydrogen-bond donors (Lipinski definition) is 1. The maximum atomic E-state index is 11.3. The molecular formula is C10H11AcN2O-. The fourth-order valence-corrected chi connectivity index (χ4v) is 1.53. The Morgan fingerprint density at radius 2 is 2.29 bits per heavy atom. The van der Waals surface area contributed by atoms with E-state index in [0.29, 0.717) is 5.56 Å². The van der Waals surface area contributed by atoms with Gasteiger partial charge in [0.2, 0.25) is 0 Å². The van der Waals surface area contributed by atoms with E-state index >= 15 is 0 Å². The van der Waals surface area contributed by atoms with Gasteiger partial charge in [-0.1, -0.05) is 17.7 Å². The van der Waals surface area contributed by atoms with Gasteiger partial charge in [0.05, 0.1) is 6.54 Å². The molecule has 1 aliphatic heterocycles. The van der Waals surface area contributed by atoms with Gasteiger partial charge >= 0.3 is 0 Å². The van der Waals surface area contributed by atoms with E-state index in [1.54, 1.807) is 6.07 Å². The van der Waals surface area contributed by atoms with Crippen LogP contribution in [0.15, 0.2) is 18.2 Å². The molecule has 0 spiro atoms. The summed E-state index contributed by atoms with van der Waals surface area (Å²) in [5.74, 6) is -0.00491. The monoisotopic (exact) mass is 402 g/mol. The molecular weight excluding hydrogens is 391 g/mol. The minimum absolute atomic E-state index is 0. The third-order valence-electron chi connectivity index (χ3n) is 2.25. The number of nitrogens with two attached hydrogens (primary N) is 1. The van der Waals surface area contributed by atoms with Crippen LogP contribution in [0.3, 0.4) is 0 Å². The zero-order valence-corrected chi connectivity index (χ0v) is 12.6. The number of Topliss-reactive ketones (excluding diaryl/α,β-unsaturated/α-hetero) is 1. The smallest absolute Gasteiger partial charge is 0.176 e. The van der Waals surface area contributed by atoms with Crippen molar-refractivity contribution in [2.75, 3.05) is 13.1 Å². The van der Waals surface area contributed by atoms with Gasteiger partial charge in [0.25, 0.3) is 0 Å². The van der Waals surface area contributed by atoms with Gasteiger partial charge in [0, 0.05) is 49.6 Å². The van der Waals surface area contributed by atoms with Crippen molar-refractivity contribution in [3.63, 3.8) is 0 Å². The van der Waals surface area contributed by atoms with E-state index in [0.717, 1.165) is 18.7 Å². The first-order valence-electron chi connectivity index (χ1n) is 4.35. The van der Waals surface area contributed by atoms with Crippen LogP contribution in [0.2, 0.25) is 0 Å². The van der Waals surface area contributed by atoms with Crippen molar-refractivity contribution >= 4 is 11.5 Å². The molecule has 0 atom stereocenters. The van der Waals surface area contributed by atoms with Gasteiger partial charge in [-0.15, -0.1) is 12.2 Å². The summed E-state index contributed by atoms with van der Waals surface area (Å²) in [6, 6.07) is 5.59. The Hall–Kier alpha value is 0.0916. The number of carbonyl (C=O) groups is 1. The zero-order valence-electron chi connectivity index (χ0n) is 7.86. The summed E-state index contributed by atoms with van der Waals surface area (Å²) >= 11 is 0. The predicted octanol–water partition coefficient (Wildman–Crippen LogP) is 1.39. The van der Waals surface area contributed by atoms with Crippen LogP contribution in [0.1, 0.15) is 15.9 Å². The average Bonchev–Trinajstić information content (AvgIpc) is 2.63. The number of benzene rings is 1. The maximum Gasteiger partial charge on any atom is 0.176 e. The standard InChI is InChI=1S/C10H12N2O.Ac/c11-6-10(13)8-1-2-9-7(5-8)3-4-12-9;/h1-2,5H,3-4,6,11H2,(H,12,13);/p-1. The van der Waals surface area contributed by atoms with E-state index in [1.165, 1.54) is 5.56 Å². The summed E-state index contributed by atoms with van der Waals surface area (Å²) in [6.45, 7) is 0.922. The van der Waals surface area contributed by atoms with E-state index in [1.807, 2.05) is 12.1 Å². The molecule has 0 saturated heterocycles. The molecule has 1 heterocycles. The Bertz CT molecular complexity index is 352. The largest absolute Gasteiger partial charge is 0.684 e. The number of rotatable bonds is 2. The zero-order chi connectivity index (χ0) is 9.26. The molecule has 0 aromatic heterocycles. The van der Waals surface area contributed by atoms with Gasteiger partial charge in [0.15, 0.2) is 5.78 Å². The Labute approximate surface area is 119 Å². The molecule has 1 aromatic carbocycles. The molecule has 2 rings (SSSR count). The molecule has 0 fully saturated rings. The molecule has 0 amide bonds. The van der Waals surface area contributed by atoms with Gasteiger partial charge < -0.3 is 11.1 Å². The molecule has 2 N–H and O–H groups in total. The van der Waals surface area contributed by atoms with Crippen molar-refractivity contribution < 1.29 is 48.9 Å². The maximum absolute atomic E-state index is 11.3. The number of fused-ring (bicyclic) bond motifs is 1. The second-order valence-electron chi connectivity index (χ2n) is 3.10. The summed E-state index contributed by atoms with van der Waals surface area (Å²) in [6.07, 6.45) is 0.945. The molecule has 0 bridgehead atoms. The van der Waals surface area contributed by atoms with E-state index in [2.05, 4.69) is 5.32 Å². The normalized spacial score (nSPS) is 12.6. The molecule has 0 aliphatic carbocycles. The Balaban J connectivity index is 0.000000980. The number of nitrogens with zero attached hydrogens (tertiary/aromatic N) is 1. The van der Waals surface area contributed by atoms with Crippen molar-refractivity contribution in [2.45, 2.75) is 6.42 Å². The second kappa shape index (κ2) is 5.25. The van der Waals surface area contributed by atoms with Crippen LogP contribution in [0.5, 0.6) is 0 Å². The third-order valence-corrected chi connectivity index (χ3v) is 2.25. The molecule has 71 valence electrons. The molecule has 1 radical (unpaired) electrons. The fraction of sp³-hybridized carbons (Fsp3) is 0.300. The van der Waals surface area contributed by atoms with Gasteiger partial charge in [-0.3, -0.25) is 4.79 Å². The number of carbonyl (C=O) groups excluding carboxylic acids is 1. The first-order chi connectivity index (χ1) is 6.31. The fourth-order valence-electron chi connectivity index (χ4n) is 1.53. The summed E-state index contributed by atoms with van der Waals surface area (Å²) in [5, 5.41) is 4.28. The molecule has 4 heteroatoms. The summed E-state index contributed by atoms with van der Waals surface area (Å²) in [5.41, 5.74) is 8.17. The van der Waals surface area contributed by atoms with E-state index in [-0.39, 0.29) is 56.4 Å². The molecule has 1 aromatic rings. The molecule has 3 nitrogen and oxygen atoms in total. The average molecular weight is 402 g/mol. The quantitative estimate of drug-likeness (QED) is 0.761. The number of hydrogen-bond acceptors (Lipinski definition) is 2.